The molecule has 1 unspecified atom stereocenters. The van der Waals surface area contributed by atoms with Crippen LogP contribution in [0.5, 0.6) is 0 Å². The van der Waals surface area contributed by atoms with E-state index < -0.39 is 4.92 Å². The molecule has 1 atom stereocenters. The summed E-state index contributed by atoms with van der Waals surface area (Å²) in [6.45, 7) is 1.71. The first kappa shape index (κ1) is 8.66. The van der Waals surface area contributed by atoms with Crippen LogP contribution >= 0.6 is 0 Å². The lowest BCUT2D eigenvalue weighted by Gasteiger charge is -2.01. The molecule has 65 valence electrons. The Morgan fingerprint density at radius 3 is 3.00 bits per heavy atom. The number of aromatic nitrogens is 2. The maximum absolute atomic E-state index is 10.2. The third kappa shape index (κ3) is 1.59. The van der Waals surface area contributed by atoms with Gasteiger partial charge in [-0.05, 0) is 11.8 Å². The van der Waals surface area contributed by atoms with Crippen LogP contribution < -0.4 is 0 Å². The van der Waals surface area contributed by atoms with Crippen molar-refractivity contribution in [3.63, 3.8) is 0 Å². The number of nitro groups is 1. The van der Waals surface area contributed by atoms with Gasteiger partial charge in [-0.2, -0.15) is 0 Å². The second-order valence-electron chi connectivity index (χ2n) is 2.23. The number of rotatable bonds is 3. The second kappa shape index (κ2) is 3.31. The molecule has 0 spiro atoms. The fraction of sp³-hybridized carbons (Fsp3) is 0.333. The zero-order valence-electron chi connectivity index (χ0n) is 6.48. The third-order valence-electron chi connectivity index (χ3n) is 1.44. The Balaban J connectivity index is 2.84. The molecular weight excluding hydrogens is 162 g/mol. The minimum absolute atomic E-state index is 0.283. The minimum atomic E-state index is -0.598. The number of aromatic amines is 1. The van der Waals surface area contributed by atoms with Gasteiger partial charge in [-0.3, -0.25) is 0 Å². The number of imidazole rings is 1. The van der Waals surface area contributed by atoms with E-state index in [0.717, 1.165) is 0 Å². The van der Waals surface area contributed by atoms with Gasteiger partial charge in [-0.15, -0.1) is 0 Å². The Labute approximate surface area is 68.7 Å². The van der Waals surface area contributed by atoms with Crippen molar-refractivity contribution in [3.05, 3.63) is 29.1 Å². The summed E-state index contributed by atoms with van der Waals surface area (Å²) in [5.41, 5.74) is 0.539. The molecule has 0 amide bonds. The fourth-order valence-electron chi connectivity index (χ4n) is 0.713. The Kier molecular flexibility index (Phi) is 2.39. The van der Waals surface area contributed by atoms with Crippen molar-refractivity contribution in [2.24, 2.45) is 0 Å². The first-order valence-electron chi connectivity index (χ1n) is 3.25. The van der Waals surface area contributed by atoms with E-state index in [4.69, 9.17) is 0 Å². The molecule has 6 nitrogen and oxygen atoms in total. The minimum Gasteiger partial charge on any atom is -0.390 e. The van der Waals surface area contributed by atoms with Gasteiger partial charge in [0, 0.05) is 0 Å². The molecule has 1 heterocycles. The standard InChI is InChI=1S/C6H8N3O3/c1-4(12-2)5-3-7-6(8-5)9(10)11/h3-4H,2H2,1H3,(H,7,8). The van der Waals surface area contributed by atoms with E-state index in [0.29, 0.717) is 5.69 Å². The van der Waals surface area contributed by atoms with Crippen LogP contribution in [0, 0.1) is 17.2 Å². The van der Waals surface area contributed by atoms with Gasteiger partial charge in [0.2, 0.25) is 0 Å². The SMILES string of the molecule is [CH2]OC(C)c1cnc([N+](=O)[O-])[nH]1. The van der Waals surface area contributed by atoms with Crippen LogP contribution in [0.3, 0.4) is 0 Å². The second-order valence-corrected chi connectivity index (χ2v) is 2.23. The van der Waals surface area contributed by atoms with Gasteiger partial charge < -0.3 is 14.9 Å². The number of nitrogens with zero attached hydrogens (tertiary/aromatic N) is 2. The van der Waals surface area contributed by atoms with Crippen molar-refractivity contribution in [1.29, 1.82) is 0 Å². The van der Waals surface area contributed by atoms with Crippen LogP contribution in [0.1, 0.15) is 18.7 Å². The van der Waals surface area contributed by atoms with Gasteiger partial charge in [0.25, 0.3) is 0 Å². The van der Waals surface area contributed by atoms with Crippen molar-refractivity contribution in [3.8, 4) is 0 Å². The van der Waals surface area contributed by atoms with E-state index in [1.54, 1.807) is 6.92 Å². The maximum Gasteiger partial charge on any atom is 0.432 e. The zero-order chi connectivity index (χ0) is 9.14. The molecule has 0 saturated heterocycles. The highest BCUT2D eigenvalue weighted by atomic mass is 16.6. The summed E-state index contributed by atoms with van der Waals surface area (Å²) in [4.78, 5) is 15.6. The van der Waals surface area contributed by atoms with Crippen molar-refractivity contribution >= 4 is 5.95 Å². The van der Waals surface area contributed by atoms with Gasteiger partial charge in [0.05, 0.1) is 7.11 Å². The summed E-state index contributed by atoms with van der Waals surface area (Å²) in [5.74, 6) is -0.283. The molecule has 0 fully saturated rings. The number of ether oxygens (including phenoxy) is 1. The molecule has 12 heavy (non-hydrogen) atoms. The Hall–Kier alpha value is -1.43. The lowest BCUT2D eigenvalue weighted by molar-refractivity contribution is -0.393. The number of nitrogens with one attached hydrogen (secondary N) is 1. The first-order valence-corrected chi connectivity index (χ1v) is 3.25. The van der Waals surface area contributed by atoms with Crippen molar-refractivity contribution < 1.29 is 9.66 Å². The molecule has 0 aliphatic rings. The molecule has 1 radical (unpaired) electrons. The Morgan fingerprint density at radius 1 is 1.92 bits per heavy atom. The average molecular weight is 170 g/mol. The number of hydrogen-bond acceptors (Lipinski definition) is 4. The van der Waals surface area contributed by atoms with E-state index in [9.17, 15) is 10.1 Å². The molecule has 0 saturated carbocycles. The van der Waals surface area contributed by atoms with Gasteiger partial charge >= 0.3 is 5.95 Å². The summed E-state index contributed by atoms with van der Waals surface area (Å²) in [7, 11) is 3.20. The van der Waals surface area contributed by atoms with E-state index in [2.05, 4.69) is 21.8 Å². The quantitative estimate of drug-likeness (QED) is 0.545. The fourth-order valence-corrected chi connectivity index (χ4v) is 0.713. The molecule has 1 rings (SSSR count). The number of H-pyrrole nitrogens is 1. The average Bonchev–Trinajstić information content (AvgIpc) is 2.51. The molecule has 1 aromatic rings. The number of hydrogen-bond donors (Lipinski definition) is 1. The highest BCUT2D eigenvalue weighted by Crippen LogP contribution is 2.15. The highest BCUT2D eigenvalue weighted by Gasteiger charge is 2.15. The summed E-state index contributed by atoms with van der Waals surface area (Å²) in [6, 6.07) is 0. The van der Waals surface area contributed by atoms with E-state index in [1.165, 1.54) is 6.20 Å². The molecule has 1 N–H and O–H groups in total. The normalized spacial score (nSPS) is 12.8. The topological polar surface area (TPSA) is 81.1 Å². The lowest BCUT2D eigenvalue weighted by Crippen LogP contribution is -1.95. The van der Waals surface area contributed by atoms with E-state index in [1.807, 2.05) is 0 Å². The maximum atomic E-state index is 10.2. The van der Waals surface area contributed by atoms with Crippen molar-refractivity contribution in [1.82, 2.24) is 9.97 Å². The van der Waals surface area contributed by atoms with Crippen LogP contribution in [0.15, 0.2) is 6.20 Å². The van der Waals surface area contributed by atoms with Crippen LogP contribution in [0.2, 0.25) is 0 Å². The predicted octanol–water partition coefficient (Wildman–Crippen LogP) is 1.19. The van der Waals surface area contributed by atoms with Crippen LogP contribution in [-0.2, 0) is 4.74 Å². The summed E-state index contributed by atoms with van der Waals surface area (Å²) in [5, 5.41) is 10.2. The smallest absolute Gasteiger partial charge is 0.390 e. The molecular formula is C6H8N3O3. The molecule has 0 aliphatic carbocycles. The first-order chi connectivity index (χ1) is 5.65. The van der Waals surface area contributed by atoms with E-state index in [-0.39, 0.29) is 12.1 Å². The zero-order valence-corrected chi connectivity index (χ0v) is 6.48. The van der Waals surface area contributed by atoms with Gasteiger partial charge in [0.1, 0.15) is 18.0 Å². The summed E-state index contributed by atoms with van der Waals surface area (Å²) < 4.78 is 4.69. The monoisotopic (exact) mass is 170 g/mol. The Bertz CT molecular complexity index is 283. The molecule has 0 aliphatic heterocycles. The van der Waals surface area contributed by atoms with Crippen LogP contribution in [-0.4, -0.2) is 14.9 Å². The predicted molar refractivity (Wildman–Crippen MR) is 40.1 cm³/mol. The van der Waals surface area contributed by atoms with Crippen molar-refractivity contribution in [2.75, 3.05) is 0 Å². The molecule has 0 bridgehead atoms. The highest BCUT2D eigenvalue weighted by molar-refractivity contribution is 5.12. The third-order valence-corrected chi connectivity index (χ3v) is 1.44. The molecule has 0 aromatic carbocycles. The molecule has 6 heteroatoms. The summed E-state index contributed by atoms with van der Waals surface area (Å²) >= 11 is 0. The largest absolute Gasteiger partial charge is 0.432 e. The lowest BCUT2D eigenvalue weighted by atomic mass is 10.3. The van der Waals surface area contributed by atoms with E-state index >= 15 is 0 Å². The summed E-state index contributed by atoms with van der Waals surface area (Å²) in [6.07, 6.45) is 1.04. The van der Waals surface area contributed by atoms with Gasteiger partial charge in [-0.25, -0.2) is 4.98 Å². The van der Waals surface area contributed by atoms with Gasteiger partial charge in [0.15, 0.2) is 0 Å². The Morgan fingerprint density at radius 2 is 2.58 bits per heavy atom. The van der Waals surface area contributed by atoms with Crippen molar-refractivity contribution in [2.45, 2.75) is 13.0 Å². The molecule has 1 aromatic heterocycles. The van der Waals surface area contributed by atoms with Crippen LogP contribution in [0.4, 0.5) is 5.95 Å². The van der Waals surface area contributed by atoms with Gasteiger partial charge in [-0.1, -0.05) is 4.98 Å². The van der Waals surface area contributed by atoms with Crippen LogP contribution in [0.25, 0.3) is 0 Å².